The molecule has 1 aromatic heterocycles. The maximum Gasteiger partial charge on any atom is 0.0448 e. The normalized spacial score (nSPS) is 32.0. The van der Waals surface area contributed by atoms with E-state index in [-0.39, 0.29) is 0 Å². The van der Waals surface area contributed by atoms with Crippen LogP contribution in [-0.2, 0) is 6.42 Å². The highest BCUT2D eigenvalue weighted by atomic mass is 32.1. The molecule has 0 saturated heterocycles. The first kappa shape index (κ1) is 12.7. The number of hydrogen-bond acceptors (Lipinski definition) is 2. The molecule has 2 heteroatoms. The SMILES string of the molecule is CCNC(c1ccc(CC)s1)C1C2CCCCC21. The van der Waals surface area contributed by atoms with Gasteiger partial charge in [0.25, 0.3) is 0 Å². The van der Waals surface area contributed by atoms with Gasteiger partial charge in [0.15, 0.2) is 0 Å². The number of fused-ring (bicyclic) bond motifs is 1. The smallest absolute Gasteiger partial charge is 0.0448 e. The fourth-order valence-electron chi connectivity index (χ4n) is 3.94. The van der Waals surface area contributed by atoms with Crippen molar-refractivity contribution in [1.82, 2.24) is 5.32 Å². The number of thiophene rings is 1. The summed E-state index contributed by atoms with van der Waals surface area (Å²) in [5, 5.41) is 3.77. The van der Waals surface area contributed by atoms with Gasteiger partial charge in [-0.25, -0.2) is 0 Å². The minimum absolute atomic E-state index is 0.647. The second-order valence-corrected chi connectivity index (χ2v) is 7.08. The summed E-state index contributed by atoms with van der Waals surface area (Å²) in [6.07, 6.45) is 7.11. The molecule has 2 saturated carbocycles. The fraction of sp³-hybridized carbons (Fsp3) is 0.750. The minimum atomic E-state index is 0.647. The molecule has 0 spiro atoms. The van der Waals surface area contributed by atoms with E-state index in [1.54, 1.807) is 4.88 Å². The molecule has 0 radical (unpaired) electrons. The van der Waals surface area contributed by atoms with E-state index in [9.17, 15) is 0 Å². The molecule has 100 valence electrons. The van der Waals surface area contributed by atoms with E-state index in [4.69, 9.17) is 0 Å². The van der Waals surface area contributed by atoms with Gasteiger partial charge in [-0.05, 0) is 55.7 Å². The van der Waals surface area contributed by atoms with Crippen molar-refractivity contribution in [3.05, 3.63) is 21.9 Å². The zero-order valence-corrected chi connectivity index (χ0v) is 12.4. The van der Waals surface area contributed by atoms with Gasteiger partial charge < -0.3 is 5.32 Å². The van der Waals surface area contributed by atoms with Crippen molar-refractivity contribution >= 4 is 11.3 Å². The van der Waals surface area contributed by atoms with Crippen molar-refractivity contribution < 1.29 is 0 Å². The highest BCUT2D eigenvalue weighted by Gasteiger charge is 2.54. The molecule has 2 aliphatic carbocycles. The monoisotopic (exact) mass is 263 g/mol. The Morgan fingerprint density at radius 3 is 2.50 bits per heavy atom. The Labute approximate surface area is 115 Å². The zero-order valence-electron chi connectivity index (χ0n) is 11.6. The Bertz CT molecular complexity index is 386. The second kappa shape index (κ2) is 5.34. The molecule has 2 aliphatic rings. The predicted octanol–water partition coefficient (Wildman–Crippen LogP) is 4.40. The first-order valence-electron chi connectivity index (χ1n) is 7.67. The zero-order chi connectivity index (χ0) is 12.5. The molecule has 3 atom stereocenters. The Morgan fingerprint density at radius 2 is 1.94 bits per heavy atom. The maximum absolute atomic E-state index is 3.77. The van der Waals surface area contributed by atoms with Crippen LogP contribution in [0, 0.1) is 17.8 Å². The lowest BCUT2D eigenvalue weighted by Gasteiger charge is -2.16. The number of aryl methyl sites for hydroxylation is 1. The van der Waals surface area contributed by atoms with Crippen molar-refractivity contribution in [3.8, 4) is 0 Å². The van der Waals surface area contributed by atoms with Gasteiger partial charge in [0.2, 0.25) is 0 Å². The van der Waals surface area contributed by atoms with Crippen molar-refractivity contribution in [2.45, 2.75) is 52.0 Å². The quantitative estimate of drug-likeness (QED) is 0.830. The molecule has 0 aromatic carbocycles. The highest BCUT2D eigenvalue weighted by Crippen LogP contribution is 2.60. The summed E-state index contributed by atoms with van der Waals surface area (Å²) in [5.41, 5.74) is 0. The van der Waals surface area contributed by atoms with Gasteiger partial charge >= 0.3 is 0 Å². The molecular formula is C16H25NS. The molecule has 1 nitrogen and oxygen atoms in total. The van der Waals surface area contributed by atoms with E-state index in [0.717, 1.165) is 24.3 Å². The summed E-state index contributed by atoms with van der Waals surface area (Å²) >= 11 is 2.03. The van der Waals surface area contributed by atoms with E-state index < -0.39 is 0 Å². The third kappa shape index (κ3) is 2.25. The van der Waals surface area contributed by atoms with Crippen LogP contribution in [0.3, 0.4) is 0 Å². The largest absolute Gasteiger partial charge is 0.309 e. The molecule has 3 unspecified atom stereocenters. The van der Waals surface area contributed by atoms with Crippen LogP contribution in [-0.4, -0.2) is 6.54 Å². The van der Waals surface area contributed by atoms with Crippen LogP contribution in [0.25, 0.3) is 0 Å². The lowest BCUT2D eigenvalue weighted by Crippen LogP contribution is -2.22. The summed E-state index contributed by atoms with van der Waals surface area (Å²) < 4.78 is 0. The van der Waals surface area contributed by atoms with Crippen LogP contribution in [0.5, 0.6) is 0 Å². The molecule has 2 fully saturated rings. The standard InChI is InChI=1S/C16H25NS/c1-3-11-9-10-14(18-11)16(17-4-2)15-12-7-5-6-8-13(12)15/h9-10,12-13,15-17H,3-8H2,1-2H3. The molecule has 0 aliphatic heterocycles. The first-order chi connectivity index (χ1) is 8.85. The first-order valence-corrected chi connectivity index (χ1v) is 8.48. The highest BCUT2D eigenvalue weighted by molar-refractivity contribution is 7.12. The van der Waals surface area contributed by atoms with Crippen LogP contribution in [0.1, 0.15) is 55.3 Å². The number of hydrogen-bond donors (Lipinski definition) is 1. The van der Waals surface area contributed by atoms with Gasteiger partial charge in [-0.1, -0.05) is 26.7 Å². The third-order valence-corrected chi connectivity index (χ3v) is 6.18. The van der Waals surface area contributed by atoms with Crippen LogP contribution in [0.4, 0.5) is 0 Å². The Kier molecular flexibility index (Phi) is 3.76. The van der Waals surface area contributed by atoms with Gasteiger partial charge in [0, 0.05) is 15.8 Å². The molecule has 0 bridgehead atoms. The van der Waals surface area contributed by atoms with Crippen LogP contribution >= 0.6 is 11.3 Å². The minimum Gasteiger partial charge on any atom is -0.309 e. The third-order valence-electron chi connectivity index (χ3n) is 4.87. The van der Waals surface area contributed by atoms with Crippen LogP contribution in [0.2, 0.25) is 0 Å². The second-order valence-electron chi connectivity index (χ2n) is 5.88. The van der Waals surface area contributed by atoms with Crippen LogP contribution < -0.4 is 5.32 Å². The molecule has 1 heterocycles. The molecule has 0 amide bonds. The molecule has 3 rings (SSSR count). The van der Waals surface area contributed by atoms with Crippen molar-refractivity contribution in [2.75, 3.05) is 6.54 Å². The summed E-state index contributed by atoms with van der Waals surface area (Å²) in [4.78, 5) is 3.13. The summed E-state index contributed by atoms with van der Waals surface area (Å²) in [6, 6.07) is 5.35. The summed E-state index contributed by atoms with van der Waals surface area (Å²) in [6.45, 7) is 5.60. The van der Waals surface area contributed by atoms with Crippen molar-refractivity contribution in [1.29, 1.82) is 0 Å². The van der Waals surface area contributed by atoms with Gasteiger partial charge in [-0.15, -0.1) is 11.3 Å². The summed E-state index contributed by atoms with van der Waals surface area (Å²) in [7, 11) is 0. The van der Waals surface area contributed by atoms with Gasteiger partial charge in [0.05, 0.1) is 0 Å². The molecule has 1 N–H and O–H groups in total. The lowest BCUT2D eigenvalue weighted by molar-refractivity contribution is 0.463. The Balaban J connectivity index is 1.76. The molecule has 1 aromatic rings. The number of nitrogens with one attached hydrogen (secondary N) is 1. The Morgan fingerprint density at radius 1 is 1.22 bits per heavy atom. The van der Waals surface area contributed by atoms with E-state index in [0.29, 0.717) is 6.04 Å². The Hall–Kier alpha value is -0.340. The van der Waals surface area contributed by atoms with E-state index in [1.807, 2.05) is 11.3 Å². The maximum atomic E-state index is 3.77. The lowest BCUT2D eigenvalue weighted by atomic mass is 10.0. The average Bonchev–Trinajstić information content (AvgIpc) is 2.92. The van der Waals surface area contributed by atoms with Crippen LogP contribution in [0.15, 0.2) is 12.1 Å². The van der Waals surface area contributed by atoms with Gasteiger partial charge in [0.1, 0.15) is 0 Å². The van der Waals surface area contributed by atoms with Crippen molar-refractivity contribution in [2.24, 2.45) is 17.8 Å². The van der Waals surface area contributed by atoms with Gasteiger partial charge in [-0.2, -0.15) is 0 Å². The average molecular weight is 263 g/mol. The fourth-order valence-corrected chi connectivity index (χ4v) is 5.03. The van der Waals surface area contributed by atoms with E-state index in [2.05, 4.69) is 31.3 Å². The molecular weight excluding hydrogens is 238 g/mol. The van der Waals surface area contributed by atoms with E-state index >= 15 is 0 Å². The summed E-state index contributed by atoms with van der Waals surface area (Å²) in [5.74, 6) is 3.01. The topological polar surface area (TPSA) is 12.0 Å². The molecule has 18 heavy (non-hydrogen) atoms. The predicted molar refractivity (Wildman–Crippen MR) is 79.1 cm³/mol. The number of rotatable bonds is 5. The van der Waals surface area contributed by atoms with E-state index in [1.165, 1.54) is 37.0 Å². The van der Waals surface area contributed by atoms with Crippen molar-refractivity contribution in [3.63, 3.8) is 0 Å². The van der Waals surface area contributed by atoms with Gasteiger partial charge in [-0.3, -0.25) is 0 Å².